The molecular weight excluding hydrogens is 506 g/mol. The van der Waals surface area contributed by atoms with Crippen LogP contribution in [0.3, 0.4) is 0 Å². The number of thiocarbonyl (C=S) groups is 1. The minimum absolute atomic E-state index is 0.108. The smallest absolute Gasteiger partial charge is 0.264 e. The Hall–Kier alpha value is -3.43. The van der Waals surface area contributed by atoms with Crippen LogP contribution in [0, 0.1) is 0 Å². The van der Waals surface area contributed by atoms with E-state index in [1.54, 1.807) is 67.6 Å². The van der Waals surface area contributed by atoms with E-state index >= 15 is 0 Å². The SMILES string of the molecule is CCCCCCOc1ccc(C(=O)NC(=S)Nc2ccc(S(=O)(=O)N(CC)c3ccccc3)cc2)cc1. The average Bonchev–Trinajstić information content (AvgIpc) is 2.90. The first kappa shape index (κ1) is 28.1. The highest BCUT2D eigenvalue weighted by atomic mass is 32.2. The van der Waals surface area contributed by atoms with E-state index in [2.05, 4.69) is 17.6 Å². The number of ether oxygens (including phenoxy) is 1. The monoisotopic (exact) mass is 539 g/mol. The van der Waals surface area contributed by atoms with Crippen molar-refractivity contribution in [1.29, 1.82) is 0 Å². The summed E-state index contributed by atoms with van der Waals surface area (Å²) in [6.07, 6.45) is 4.53. The first-order valence-corrected chi connectivity index (χ1v) is 14.2. The molecule has 3 rings (SSSR count). The first-order valence-electron chi connectivity index (χ1n) is 12.4. The second-order valence-corrected chi connectivity index (χ2v) is 10.6. The molecule has 3 aromatic rings. The summed E-state index contributed by atoms with van der Waals surface area (Å²) < 4.78 is 33.3. The van der Waals surface area contributed by atoms with E-state index in [9.17, 15) is 13.2 Å². The fourth-order valence-electron chi connectivity index (χ4n) is 3.68. The normalized spacial score (nSPS) is 11.0. The number of hydrogen-bond acceptors (Lipinski definition) is 5. The lowest BCUT2D eigenvalue weighted by molar-refractivity contribution is 0.0977. The maximum atomic E-state index is 13.1. The molecule has 196 valence electrons. The van der Waals surface area contributed by atoms with Crippen molar-refractivity contribution >= 4 is 44.6 Å². The number of anilines is 2. The van der Waals surface area contributed by atoms with E-state index in [-0.39, 0.29) is 15.9 Å². The molecule has 3 aromatic carbocycles. The number of benzene rings is 3. The summed E-state index contributed by atoms with van der Waals surface area (Å²) in [7, 11) is -3.73. The highest BCUT2D eigenvalue weighted by molar-refractivity contribution is 7.92. The van der Waals surface area contributed by atoms with Crippen molar-refractivity contribution in [1.82, 2.24) is 5.32 Å². The van der Waals surface area contributed by atoms with Gasteiger partial charge in [0.1, 0.15) is 5.75 Å². The van der Waals surface area contributed by atoms with Gasteiger partial charge in [0.15, 0.2) is 5.11 Å². The highest BCUT2D eigenvalue weighted by Gasteiger charge is 2.23. The molecule has 37 heavy (non-hydrogen) atoms. The number of nitrogens with one attached hydrogen (secondary N) is 2. The van der Waals surface area contributed by atoms with Gasteiger partial charge in [-0.3, -0.25) is 14.4 Å². The van der Waals surface area contributed by atoms with Crippen LogP contribution in [0.25, 0.3) is 0 Å². The number of nitrogens with zero attached hydrogens (tertiary/aromatic N) is 1. The molecule has 7 nitrogen and oxygen atoms in total. The van der Waals surface area contributed by atoms with E-state index < -0.39 is 10.0 Å². The summed E-state index contributed by atoms with van der Waals surface area (Å²) >= 11 is 5.27. The van der Waals surface area contributed by atoms with E-state index in [1.807, 2.05) is 6.07 Å². The predicted octanol–water partition coefficient (Wildman–Crippen LogP) is 5.99. The summed E-state index contributed by atoms with van der Waals surface area (Å²) in [5.74, 6) is 0.366. The second kappa shape index (κ2) is 13.8. The van der Waals surface area contributed by atoms with Crippen molar-refractivity contribution in [2.24, 2.45) is 0 Å². The maximum Gasteiger partial charge on any atom is 0.264 e. The van der Waals surface area contributed by atoms with Crippen LogP contribution < -0.4 is 19.7 Å². The number of rotatable bonds is 12. The van der Waals surface area contributed by atoms with E-state index in [4.69, 9.17) is 17.0 Å². The molecule has 0 radical (unpaired) electrons. The Morgan fingerprint density at radius 1 is 0.892 bits per heavy atom. The molecule has 0 unspecified atom stereocenters. The number of carbonyl (C=O) groups is 1. The summed E-state index contributed by atoms with van der Waals surface area (Å²) in [6.45, 7) is 4.91. The first-order chi connectivity index (χ1) is 17.8. The largest absolute Gasteiger partial charge is 0.494 e. The maximum absolute atomic E-state index is 13.1. The number of hydrogen-bond donors (Lipinski definition) is 2. The molecule has 0 fully saturated rings. The van der Waals surface area contributed by atoms with Gasteiger partial charge in [-0.25, -0.2) is 8.42 Å². The van der Waals surface area contributed by atoms with Gasteiger partial charge >= 0.3 is 0 Å². The molecule has 0 atom stereocenters. The molecular formula is C28H33N3O4S2. The molecule has 0 spiro atoms. The van der Waals surface area contributed by atoms with Crippen LogP contribution in [-0.4, -0.2) is 32.6 Å². The van der Waals surface area contributed by atoms with Crippen LogP contribution in [0.4, 0.5) is 11.4 Å². The number of para-hydroxylation sites is 1. The van der Waals surface area contributed by atoms with Crippen LogP contribution in [0.5, 0.6) is 5.75 Å². The Bertz CT molecular complexity index is 1260. The molecule has 0 bridgehead atoms. The molecule has 1 amide bonds. The van der Waals surface area contributed by atoms with Gasteiger partial charge in [0, 0.05) is 17.8 Å². The van der Waals surface area contributed by atoms with Crippen molar-refractivity contribution in [2.75, 3.05) is 22.8 Å². The van der Waals surface area contributed by atoms with Gasteiger partial charge in [0.05, 0.1) is 17.2 Å². The van der Waals surface area contributed by atoms with Gasteiger partial charge in [0.2, 0.25) is 0 Å². The van der Waals surface area contributed by atoms with Gasteiger partial charge in [-0.15, -0.1) is 0 Å². The van der Waals surface area contributed by atoms with Gasteiger partial charge in [-0.05, 0) is 86.2 Å². The molecule has 0 aliphatic rings. The van der Waals surface area contributed by atoms with E-state index in [0.29, 0.717) is 30.1 Å². The van der Waals surface area contributed by atoms with Crippen LogP contribution in [0.15, 0.2) is 83.8 Å². The second-order valence-electron chi connectivity index (χ2n) is 8.37. The summed E-state index contributed by atoms with van der Waals surface area (Å²) in [4.78, 5) is 12.7. The van der Waals surface area contributed by atoms with Gasteiger partial charge in [-0.2, -0.15) is 0 Å². The predicted molar refractivity (Wildman–Crippen MR) is 153 cm³/mol. The Morgan fingerprint density at radius 3 is 2.19 bits per heavy atom. The van der Waals surface area contributed by atoms with Gasteiger partial charge in [0.25, 0.3) is 15.9 Å². The summed E-state index contributed by atoms with van der Waals surface area (Å²) in [5.41, 5.74) is 1.60. The average molecular weight is 540 g/mol. The molecule has 0 saturated carbocycles. The number of unbranched alkanes of at least 4 members (excludes halogenated alkanes) is 3. The molecule has 9 heteroatoms. The van der Waals surface area contributed by atoms with Crippen LogP contribution in [0.1, 0.15) is 49.9 Å². The van der Waals surface area contributed by atoms with E-state index in [0.717, 1.165) is 18.6 Å². The minimum Gasteiger partial charge on any atom is -0.494 e. The van der Waals surface area contributed by atoms with Crippen LogP contribution in [0.2, 0.25) is 0 Å². The standard InChI is InChI=1S/C28H33N3O4S2/c1-3-5-6-10-21-35-25-17-13-22(14-18-25)27(32)30-28(36)29-23-15-19-26(20-16-23)37(33,34)31(4-2)24-11-8-7-9-12-24/h7-9,11-20H,3-6,10,21H2,1-2H3,(H2,29,30,32,36). The van der Waals surface area contributed by atoms with E-state index in [1.165, 1.54) is 29.3 Å². The number of carbonyl (C=O) groups excluding carboxylic acids is 1. The Labute approximate surface area is 224 Å². The Morgan fingerprint density at radius 2 is 1.57 bits per heavy atom. The third-order valence-electron chi connectivity index (χ3n) is 5.64. The lowest BCUT2D eigenvalue weighted by atomic mass is 10.2. The fourth-order valence-corrected chi connectivity index (χ4v) is 5.37. The lowest BCUT2D eigenvalue weighted by Gasteiger charge is -2.23. The van der Waals surface area contributed by atoms with Crippen molar-refractivity contribution in [3.8, 4) is 5.75 Å². The van der Waals surface area contributed by atoms with Gasteiger partial charge < -0.3 is 10.1 Å². The quantitative estimate of drug-likeness (QED) is 0.217. The van der Waals surface area contributed by atoms with Crippen molar-refractivity contribution in [2.45, 2.75) is 44.4 Å². The third kappa shape index (κ3) is 8.03. The zero-order valence-electron chi connectivity index (χ0n) is 21.1. The Kier molecular flexibility index (Phi) is 10.5. The topological polar surface area (TPSA) is 87.7 Å². The molecule has 0 saturated heterocycles. The van der Waals surface area contributed by atoms with Crippen molar-refractivity contribution in [3.05, 3.63) is 84.4 Å². The number of sulfonamides is 1. The molecule has 2 N–H and O–H groups in total. The Balaban J connectivity index is 1.55. The van der Waals surface area contributed by atoms with Crippen molar-refractivity contribution < 1.29 is 17.9 Å². The highest BCUT2D eigenvalue weighted by Crippen LogP contribution is 2.24. The summed E-state index contributed by atoms with van der Waals surface area (Å²) in [6, 6.07) is 22.1. The molecule has 0 aliphatic heterocycles. The summed E-state index contributed by atoms with van der Waals surface area (Å²) in [5, 5.41) is 5.66. The zero-order valence-corrected chi connectivity index (χ0v) is 22.8. The minimum atomic E-state index is -3.73. The number of amides is 1. The lowest BCUT2D eigenvalue weighted by Crippen LogP contribution is -2.34. The van der Waals surface area contributed by atoms with Gasteiger partial charge in [-0.1, -0.05) is 44.4 Å². The molecule has 0 aromatic heterocycles. The fraction of sp³-hybridized carbons (Fsp3) is 0.286. The van der Waals surface area contributed by atoms with Crippen molar-refractivity contribution in [3.63, 3.8) is 0 Å². The van der Waals surface area contributed by atoms with Crippen LogP contribution >= 0.6 is 12.2 Å². The van der Waals surface area contributed by atoms with Crippen LogP contribution in [-0.2, 0) is 10.0 Å². The third-order valence-corrected chi connectivity index (χ3v) is 7.76. The molecule has 0 aliphatic carbocycles. The zero-order chi connectivity index (χ0) is 26.7. The molecule has 0 heterocycles.